The fraction of sp³-hybridized carbons (Fsp3) is 0.533. The normalized spacial score (nSPS) is 15.4. The average Bonchev–Trinajstić information content (AvgIpc) is 2.35. The zero-order valence-electron chi connectivity index (χ0n) is 12.0. The van der Waals surface area contributed by atoms with E-state index in [0.29, 0.717) is 0 Å². The lowest BCUT2D eigenvalue weighted by molar-refractivity contribution is 0.259. The third-order valence-corrected chi connectivity index (χ3v) is 3.85. The highest BCUT2D eigenvalue weighted by atomic mass is 16.2. The molecule has 4 heteroatoms. The van der Waals surface area contributed by atoms with Gasteiger partial charge in [-0.3, -0.25) is 0 Å². The molecule has 1 aromatic rings. The van der Waals surface area contributed by atoms with Gasteiger partial charge in [-0.15, -0.1) is 0 Å². The van der Waals surface area contributed by atoms with Gasteiger partial charge in [0.15, 0.2) is 0 Å². The first-order valence-electron chi connectivity index (χ1n) is 6.93. The number of carbonyl (C=O) groups is 1. The summed E-state index contributed by atoms with van der Waals surface area (Å²) in [6.45, 7) is 8.40. The Bertz CT molecular complexity index is 491. The first-order chi connectivity index (χ1) is 9.00. The van der Waals surface area contributed by atoms with Gasteiger partial charge in [-0.2, -0.15) is 0 Å². The molecule has 0 aliphatic carbocycles. The van der Waals surface area contributed by atoms with Crippen LogP contribution in [0, 0.1) is 20.8 Å². The second kappa shape index (κ2) is 5.51. The molecule has 1 aromatic carbocycles. The molecule has 0 aromatic heterocycles. The molecule has 0 atom stereocenters. The van der Waals surface area contributed by atoms with E-state index >= 15 is 0 Å². The number of nitrogens with two attached hydrogens (primary N) is 1. The van der Waals surface area contributed by atoms with Gasteiger partial charge in [0.2, 0.25) is 0 Å². The van der Waals surface area contributed by atoms with Crippen molar-refractivity contribution in [2.24, 2.45) is 5.73 Å². The van der Waals surface area contributed by atoms with E-state index in [0.717, 1.165) is 29.9 Å². The Morgan fingerprint density at radius 3 is 2.37 bits per heavy atom. The van der Waals surface area contributed by atoms with Crippen LogP contribution in [0.1, 0.15) is 36.0 Å². The maximum absolute atomic E-state index is 11.1. The number of nitrogens with one attached hydrogen (secondary N) is 1. The molecule has 1 aliphatic rings. The predicted molar refractivity (Wildman–Crippen MR) is 79.9 cm³/mol. The van der Waals surface area contributed by atoms with Crippen LogP contribution in [-0.2, 0) is 0 Å². The first-order valence-corrected chi connectivity index (χ1v) is 6.93. The average molecular weight is 261 g/mol. The number of carbonyl (C=O) groups excluding carboxylic acids is 1. The molecule has 3 N–H and O–H groups in total. The van der Waals surface area contributed by atoms with Crippen LogP contribution in [0.5, 0.6) is 0 Å². The van der Waals surface area contributed by atoms with Crippen LogP contribution < -0.4 is 16.0 Å². The van der Waals surface area contributed by atoms with E-state index in [4.69, 9.17) is 5.73 Å². The minimum absolute atomic E-state index is 0.500. The lowest BCUT2D eigenvalue weighted by Crippen LogP contribution is -2.31. The van der Waals surface area contributed by atoms with Gasteiger partial charge in [0.05, 0.1) is 5.69 Å². The van der Waals surface area contributed by atoms with Gasteiger partial charge in [0.1, 0.15) is 0 Å². The molecule has 0 bridgehead atoms. The molecule has 2 amide bonds. The Morgan fingerprint density at radius 2 is 1.79 bits per heavy atom. The summed E-state index contributed by atoms with van der Waals surface area (Å²) in [5, 5.41) is 2.76. The van der Waals surface area contributed by atoms with Crippen molar-refractivity contribution in [3.63, 3.8) is 0 Å². The van der Waals surface area contributed by atoms with Gasteiger partial charge in [-0.05, 0) is 56.7 Å². The predicted octanol–water partition coefficient (Wildman–Crippen LogP) is 3.09. The first kappa shape index (κ1) is 13.7. The van der Waals surface area contributed by atoms with Crippen molar-refractivity contribution in [1.82, 2.24) is 0 Å². The Hall–Kier alpha value is -1.71. The van der Waals surface area contributed by atoms with Gasteiger partial charge in [0.25, 0.3) is 0 Å². The van der Waals surface area contributed by atoms with E-state index < -0.39 is 6.03 Å². The summed E-state index contributed by atoms with van der Waals surface area (Å²) in [5.41, 5.74) is 10.8. The molecular weight excluding hydrogens is 238 g/mol. The monoisotopic (exact) mass is 261 g/mol. The molecule has 0 radical (unpaired) electrons. The van der Waals surface area contributed by atoms with Gasteiger partial charge in [-0.1, -0.05) is 6.07 Å². The maximum Gasteiger partial charge on any atom is 0.316 e. The molecule has 2 rings (SSSR count). The molecule has 0 unspecified atom stereocenters. The fourth-order valence-electron chi connectivity index (χ4n) is 3.09. The summed E-state index contributed by atoms with van der Waals surface area (Å²) in [5.74, 6) is 0. The van der Waals surface area contributed by atoms with Crippen LogP contribution in [0.2, 0.25) is 0 Å². The Morgan fingerprint density at radius 1 is 1.16 bits per heavy atom. The van der Waals surface area contributed by atoms with Gasteiger partial charge < -0.3 is 16.0 Å². The second-order valence-corrected chi connectivity index (χ2v) is 5.40. The van der Waals surface area contributed by atoms with E-state index in [9.17, 15) is 4.79 Å². The van der Waals surface area contributed by atoms with Crippen LogP contribution in [-0.4, -0.2) is 19.1 Å². The third-order valence-electron chi connectivity index (χ3n) is 3.85. The van der Waals surface area contributed by atoms with Crippen molar-refractivity contribution in [3.05, 3.63) is 22.8 Å². The molecule has 1 aliphatic heterocycles. The Labute approximate surface area is 115 Å². The number of hydrogen-bond donors (Lipinski definition) is 2. The number of benzene rings is 1. The molecule has 1 saturated heterocycles. The molecule has 1 heterocycles. The molecular formula is C15H23N3O. The Balaban J connectivity index is 2.44. The van der Waals surface area contributed by atoms with Gasteiger partial charge in [-0.25, -0.2) is 4.79 Å². The van der Waals surface area contributed by atoms with Crippen molar-refractivity contribution < 1.29 is 4.79 Å². The number of anilines is 2. The third kappa shape index (κ3) is 2.83. The molecule has 4 nitrogen and oxygen atoms in total. The SMILES string of the molecule is Cc1cc(C)c(N2CCCCC2)c(C)c1NC(N)=O. The molecule has 1 fully saturated rings. The highest BCUT2D eigenvalue weighted by Crippen LogP contribution is 2.34. The largest absolute Gasteiger partial charge is 0.371 e. The number of rotatable bonds is 2. The summed E-state index contributed by atoms with van der Waals surface area (Å²) in [6, 6.07) is 1.63. The minimum atomic E-state index is -0.500. The standard InChI is InChI=1S/C15H23N3O/c1-10-9-11(2)14(18-7-5-4-6-8-18)12(3)13(10)17-15(16)19/h9H,4-8H2,1-3H3,(H3,16,17,19). The highest BCUT2D eigenvalue weighted by Gasteiger charge is 2.19. The number of urea groups is 1. The van der Waals surface area contributed by atoms with E-state index in [1.165, 1.54) is 30.5 Å². The van der Waals surface area contributed by atoms with Crippen LogP contribution in [0.4, 0.5) is 16.2 Å². The van der Waals surface area contributed by atoms with E-state index in [1.54, 1.807) is 0 Å². The van der Waals surface area contributed by atoms with E-state index in [2.05, 4.69) is 30.1 Å². The number of amides is 2. The number of hydrogen-bond acceptors (Lipinski definition) is 2. The highest BCUT2D eigenvalue weighted by molar-refractivity contribution is 5.91. The summed E-state index contributed by atoms with van der Waals surface area (Å²) in [6.07, 6.45) is 3.80. The van der Waals surface area contributed by atoms with Crippen molar-refractivity contribution in [2.45, 2.75) is 40.0 Å². The smallest absolute Gasteiger partial charge is 0.316 e. The van der Waals surface area contributed by atoms with Crippen molar-refractivity contribution in [2.75, 3.05) is 23.3 Å². The summed E-state index contributed by atoms with van der Waals surface area (Å²) >= 11 is 0. The lowest BCUT2D eigenvalue weighted by Gasteiger charge is -2.32. The molecule has 0 saturated carbocycles. The summed E-state index contributed by atoms with van der Waals surface area (Å²) in [4.78, 5) is 13.6. The quantitative estimate of drug-likeness (QED) is 0.859. The summed E-state index contributed by atoms with van der Waals surface area (Å²) < 4.78 is 0. The number of primary amides is 1. The van der Waals surface area contributed by atoms with E-state index in [1.807, 2.05) is 6.92 Å². The minimum Gasteiger partial charge on any atom is -0.371 e. The van der Waals surface area contributed by atoms with Crippen LogP contribution in [0.15, 0.2) is 6.07 Å². The van der Waals surface area contributed by atoms with Crippen LogP contribution in [0.25, 0.3) is 0 Å². The lowest BCUT2D eigenvalue weighted by atomic mass is 9.99. The zero-order valence-corrected chi connectivity index (χ0v) is 12.0. The maximum atomic E-state index is 11.1. The molecule has 104 valence electrons. The topological polar surface area (TPSA) is 58.4 Å². The van der Waals surface area contributed by atoms with Crippen molar-refractivity contribution >= 4 is 17.4 Å². The fourth-order valence-corrected chi connectivity index (χ4v) is 3.09. The van der Waals surface area contributed by atoms with Crippen molar-refractivity contribution in [3.8, 4) is 0 Å². The van der Waals surface area contributed by atoms with Crippen LogP contribution in [0.3, 0.4) is 0 Å². The molecule has 19 heavy (non-hydrogen) atoms. The van der Waals surface area contributed by atoms with Crippen molar-refractivity contribution in [1.29, 1.82) is 0 Å². The van der Waals surface area contributed by atoms with Gasteiger partial charge in [0, 0.05) is 18.8 Å². The number of aryl methyl sites for hydroxylation is 2. The summed E-state index contributed by atoms with van der Waals surface area (Å²) in [7, 11) is 0. The molecule has 0 spiro atoms. The second-order valence-electron chi connectivity index (χ2n) is 5.40. The zero-order chi connectivity index (χ0) is 14.0. The number of nitrogens with zero attached hydrogens (tertiary/aromatic N) is 1. The van der Waals surface area contributed by atoms with Gasteiger partial charge >= 0.3 is 6.03 Å². The van der Waals surface area contributed by atoms with E-state index in [-0.39, 0.29) is 0 Å². The van der Waals surface area contributed by atoms with Crippen LogP contribution >= 0.6 is 0 Å². The number of piperidine rings is 1. The Kier molecular flexibility index (Phi) is 3.98.